The second-order valence-electron chi connectivity index (χ2n) is 4.78. The molecule has 21 heavy (non-hydrogen) atoms. The quantitative estimate of drug-likeness (QED) is 0.649. The molecule has 0 radical (unpaired) electrons. The maximum atomic E-state index is 13.4. The molecule has 4 N–H and O–H groups in total. The molecule has 8 nitrogen and oxygen atoms in total. The fourth-order valence-electron chi connectivity index (χ4n) is 2.58. The number of methoxy groups -OCH3 is 1. The number of anilines is 1. The molecule has 9 heteroatoms. The highest BCUT2D eigenvalue weighted by atomic mass is 19.1. The normalized spacial score (nSPS) is 29.3. The van der Waals surface area contributed by atoms with Gasteiger partial charge in [-0.1, -0.05) is 0 Å². The second-order valence-corrected chi connectivity index (χ2v) is 4.78. The van der Waals surface area contributed by atoms with E-state index < -0.39 is 30.6 Å². The Hall–Kier alpha value is -1.81. The lowest BCUT2D eigenvalue weighted by Crippen LogP contribution is -2.34. The van der Waals surface area contributed by atoms with Crippen LogP contribution in [-0.4, -0.2) is 56.8 Å². The predicted octanol–water partition coefficient (Wildman–Crippen LogP) is -0.582. The van der Waals surface area contributed by atoms with E-state index in [-0.39, 0.29) is 18.1 Å². The highest BCUT2D eigenvalue weighted by molar-refractivity contribution is 5.86. The topological polar surface area (TPSA) is 116 Å². The van der Waals surface area contributed by atoms with Gasteiger partial charge in [-0.05, 0) is 6.07 Å². The second kappa shape index (κ2) is 5.19. The van der Waals surface area contributed by atoms with Crippen molar-refractivity contribution in [1.82, 2.24) is 14.5 Å². The first-order chi connectivity index (χ1) is 10.1. The number of hydrogen-bond acceptors (Lipinski definition) is 7. The average Bonchev–Trinajstić information content (AvgIpc) is 2.99. The molecule has 1 aliphatic rings. The van der Waals surface area contributed by atoms with Crippen molar-refractivity contribution in [2.45, 2.75) is 24.5 Å². The predicted molar refractivity (Wildman–Crippen MR) is 69.7 cm³/mol. The Balaban J connectivity index is 2.08. The van der Waals surface area contributed by atoms with Gasteiger partial charge >= 0.3 is 6.08 Å². The molecule has 2 aromatic rings. The van der Waals surface area contributed by atoms with Crippen molar-refractivity contribution in [2.75, 3.05) is 19.5 Å². The van der Waals surface area contributed by atoms with Crippen LogP contribution in [0.1, 0.15) is 6.23 Å². The van der Waals surface area contributed by atoms with Gasteiger partial charge in [0.1, 0.15) is 24.1 Å². The van der Waals surface area contributed by atoms with Crippen LogP contribution in [0.15, 0.2) is 12.3 Å². The molecule has 3 heterocycles. The number of aliphatic hydroxyl groups excluding tert-OH is 2. The molecule has 114 valence electrons. The summed E-state index contributed by atoms with van der Waals surface area (Å²) in [5, 5.41) is 19.7. The van der Waals surface area contributed by atoms with Gasteiger partial charge in [0.15, 0.2) is 11.9 Å². The zero-order valence-electron chi connectivity index (χ0n) is 11.2. The standard InChI is InChI=1S/C12H15FN4O4/c1-20-8-7(19)6(4-18)21-11(8)17-3-2-5-9(14)15-12(13)16-10(5)17/h2-3,6-8,11,18-19H,4H2,1H3,(H2,14,15,16)/t6-,7?,8?,11-/m1/s1. The van der Waals surface area contributed by atoms with Gasteiger partial charge in [0.05, 0.1) is 12.0 Å². The highest BCUT2D eigenvalue weighted by Crippen LogP contribution is 2.34. The van der Waals surface area contributed by atoms with Gasteiger partial charge in [-0.2, -0.15) is 14.4 Å². The minimum absolute atomic E-state index is 0.0162. The van der Waals surface area contributed by atoms with Crippen LogP contribution in [0.5, 0.6) is 0 Å². The number of nitrogens with zero attached hydrogens (tertiary/aromatic N) is 3. The third-order valence-electron chi connectivity index (χ3n) is 3.61. The van der Waals surface area contributed by atoms with E-state index in [0.717, 1.165) is 0 Å². The average molecular weight is 298 g/mol. The lowest BCUT2D eigenvalue weighted by Gasteiger charge is -2.20. The van der Waals surface area contributed by atoms with Crippen LogP contribution in [-0.2, 0) is 9.47 Å². The fraction of sp³-hybridized carbons (Fsp3) is 0.500. The molecular weight excluding hydrogens is 283 g/mol. The van der Waals surface area contributed by atoms with E-state index in [1.165, 1.54) is 11.7 Å². The van der Waals surface area contributed by atoms with Gasteiger partial charge in [-0.15, -0.1) is 0 Å². The van der Waals surface area contributed by atoms with Gasteiger partial charge in [0, 0.05) is 13.3 Å². The Bertz CT molecular complexity index is 664. The first-order valence-electron chi connectivity index (χ1n) is 6.33. The maximum Gasteiger partial charge on any atom is 0.312 e. The molecule has 2 aromatic heterocycles. The third kappa shape index (κ3) is 2.14. The number of aliphatic hydroxyl groups is 2. The Morgan fingerprint density at radius 3 is 2.95 bits per heavy atom. The number of nitrogen functional groups attached to an aromatic ring is 1. The lowest BCUT2D eigenvalue weighted by molar-refractivity contribution is -0.0580. The van der Waals surface area contributed by atoms with Crippen LogP contribution < -0.4 is 5.73 Å². The van der Waals surface area contributed by atoms with Crippen LogP contribution >= 0.6 is 0 Å². The Morgan fingerprint density at radius 2 is 2.29 bits per heavy atom. The molecular formula is C12H15FN4O4. The molecule has 3 rings (SSSR count). The van der Waals surface area contributed by atoms with Gasteiger partial charge in [-0.3, -0.25) is 0 Å². The van der Waals surface area contributed by atoms with Crippen LogP contribution in [0, 0.1) is 6.08 Å². The Labute approximate surface area is 118 Å². The minimum Gasteiger partial charge on any atom is -0.394 e. The van der Waals surface area contributed by atoms with Crippen molar-refractivity contribution in [2.24, 2.45) is 0 Å². The van der Waals surface area contributed by atoms with E-state index >= 15 is 0 Å². The van der Waals surface area contributed by atoms with Gasteiger partial charge in [-0.25, -0.2) is 0 Å². The number of aromatic nitrogens is 3. The van der Waals surface area contributed by atoms with Crippen molar-refractivity contribution in [1.29, 1.82) is 0 Å². The van der Waals surface area contributed by atoms with Crippen LogP contribution in [0.3, 0.4) is 0 Å². The maximum absolute atomic E-state index is 13.4. The van der Waals surface area contributed by atoms with E-state index in [0.29, 0.717) is 5.39 Å². The zero-order valence-corrected chi connectivity index (χ0v) is 11.2. The molecule has 1 fully saturated rings. The van der Waals surface area contributed by atoms with E-state index in [1.54, 1.807) is 12.3 Å². The van der Waals surface area contributed by atoms with Gasteiger partial charge < -0.3 is 30.0 Å². The van der Waals surface area contributed by atoms with E-state index in [9.17, 15) is 14.6 Å². The molecule has 0 amide bonds. The highest BCUT2D eigenvalue weighted by Gasteiger charge is 2.45. The molecule has 0 bridgehead atoms. The summed E-state index contributed by atoms with van der Waals surface area (Å²) in [7, 11) is 1.42. The summed E-state index contributed by atoms with van der Waals surface area (Å²) < 4.78 is 25.7. The number of nitrogens with two attached hydrogens (primary N) is 1. The monoisotopic (exact) mass is 298 g/mol. The Kier molecular flexibility index (Phi) is 3.49. The van der Waals surface area contributed by atoms with Crippen LogP contribution in [0.4, 0.5) is 10.2 Å². The molecule has 1 aliphatic heterocycles. The molecule has 1 saturated heterocycles. The number of halogens is 1. The molecule has 0 saturated carbocycles. The summed E-state index contributed by atoms with van der Waals surface area (Å²) in [6.45, 7) is -0.359. The smallest absolute Gasteiger partial charge is 0.312 e. The van der Waals surface area contributed by atoms with Gasteiger partial charge in [0.2, 0.25) is 0 Å². The first-order valence-corrected chi connectivity index (χ1v) is 6.33. The van der Waals surface area contributed by atoms with Gasteiger partial charge in [0.25, 0.3) is 0 Å². The number of hydrogen-bond donors (Lipinski definition) is 3. The molecule has 2 unspecified atom stereocenters. The third-order valence-corrected chi connectivity index (χ3v) is 3.61. The summed E-state index contributed by atoms with van der Waals surface area (Å²) >= 11 is 0. The summed E-state index contributed by atoms with van der Waals surface area (Å²) in [6.07, 6.45) is -2.64. The van der Waals surface area contributed by atoms with Crippen molar-refractivity contribution < 1.29 is 24.1 Å². The van der Waals surface area contributed by atoms with Crippen LogP contribution in [0.2, 0.25) is 0 Å². The molecule has 0 spiro atoms. The van der Waals surface area contributed by atoms with E-state index in [1.807, 2.05) is 0 Å². The van der Waals surface area contributed by atoms with Crippen molar-refractivity contribution >= 4 is 16.9 Å². The van der Waals surface area contributed by atoms with Crippen LogP contribution in [0.25, 0.3) is 11.0 Å². The zero-order chi connectivity index (χ0) is 15.1. The SMILES string of the molecule is COC1C(O)[C@@H](CO)O[C@H]1n1ccc2c(N)nc(F)nc21. The van der Waals surface area contributed by atoms with E-state index in [4.69, 9.17) is 15.2 Å². The molecule has 0 aromatic carbocycles. The van der Waals surface area contributed by atoms with Crippen molar-refractivity contribution in [3.05, 3.63) is 18.3 Å². The first kappa shape index (κ1) is 14.1. The lowest BCUT2D eigenvalue weighted by atomic mass is 10.1. The summed E-state index contributed by atoms with van der Waals surface area (Å²) in [5.41, 5.74) is 5.89. The summed E-state index contributed by atoms with van der Waals surface area (Å²) in [5.74, 6) is 0.0162. The number of ether oxygens (including phenoxy) is 2. The fourth-order valence-corrected chi connectivity index (χ4v) is 2.58. The minimum atomic E-state index is -1.01. The summed E-state index contributed by atoms with van der Waals surface area (Å²) in [4.78, 5) is 7.16. The van der Waals surface area contributed by atoms with Crippen molar-refractivity contribution in [3.8, 4) is 0 Å². The van der Waals surface area contributed by atoms with Crippen molar-refractivity contribution in [3.63, 3.8) is 0 Å². The number of fused-ring (bicyclic) bond motifs is 1. The number of rotatable bonds is 3. The molecule has 0 aliphatic carbocycles. The summed E-state index contributed by atoms with van der Waals surface area (Å²) in [6, 6.07) is 1.62. The molecule has 4 atom stereocenters. The largest absolute Gasteiger partial charge is 0.394 e. The Morgan fingerprint density at radius 1 is 1.52 bits per heavy atom. The van der Waals surface area contributed by atoms with E-state index in [2.05, 4.69) is 9.97 Å².